The zero-order chi connectivity index (χ0) is 94.6. The number of amides is 4. The molecule has 7 heterocycles. The monoisotopic (exact) mass is 1830 g/mol. The first-order valence-electron chi connectivity index (χ1n) is 40.1. The molecule has 128 heavy (non-hydrogen) atoms. The van der Waals surface area contributed by atoms with Crippen molar-refractivity contribution in [3.8, 4) is 40.2 Å². The molecule has 12 rings (SSSR count). The Morgan fingerprint density at radius 2 is 1.02 bits per heavy atom. The molecule has 4 aliphatic rings. The summed E-state index contributed by atoms with van der Waals surface area (Å²) in [6.07, 6.45) is -8.53. The number of aliphatic imine (C=N–C) groups is 1. The van der Waals surface area contributed by atoms with E-state index in [9.17, 15) is 87.1 Å². The van der Waals surface area contributed by atoms with Gasteiger partial charge in [0.05, 0.1) is 71.5 Å². The number of halogens is 10. The van der Waals surface area contributed by atoms with E-state index in [0.717, 1.165) is 43.9 Å². The molecule has 8 aromatic rings. The molecule has 0 bridgehead atoms. The van der Waals surface area contributed by atoms with Crippen LogP contribution in [0.5, 0.6) is 17.2 Å². The number of aromatic nitrogens is 5. The highest BCUT2D eigenvalue weighted by atomic mass is 32.2. The van der Waals surface area contributed by atoms with E-state index in [1.54, 1.807) is 80.7 Å². The van der Waals surface area contributed by atoms with E-state index in [1.807, 2.05) is 0 Å². The van der Waals surface area contributed by atoms with E-state index in [-0.39, 0.29) is 167 Å². The first-order chi connectivity index (χ1) is 60.4. The quantitative estimate of drug-likeness (QED) is 0.00732. The topological polar surface area (TPSA) is 443 Å². The van der Waals surface area contributed by atoms with Gasteiger partial charge in [-0.1, -0.05) is 0 Å². The molecule has 0 radical (unpaired) electrons. The predicted molar refractivity (Wildman–Crippen MR) is 443 cm³/mol. The van der Waals surface area contributed by atoms with Gasteiger partial charge in [-0.05, 0) is 173 Å². The summed E-state index contributed by atoms with van der Waals surface area (Å²) in [7, 11) is 5.30. The van der Waals surface area contributed by atoms with Gasteiger partial charge in [0.2, 0.25) is 23.6 Å². The molecular weight excluding hydrogens is 1730 g/mol. The van der Waals surface area contributed by atoms with Crippen LogP contribution in [0.1, 0.15) is 168 Å². The van der Waals surface area contributed by atoms with Gasteiger partial charge in [-0.2, -0.15) is 43.9 Å². The van der Waals surface area contributed by atoms with Gasteiger partial charge >= 0.3 is 54.5 Å². The number of rotatable bonds is 26. The van der Waals surface area contributed by atoms with Crippen LogP contribution in [0.25, 0.3) is 55.6 Å². The number of thioether (sulfide) groups is 1. The maximum Gasteiger partial charge on any atom is 0.433 e. The van der Waals surface area contributed by atoms with Crippen LogP contribution >= 0.6 is 11.8 Å². The van der Waals surface area contributed by atoms with Gasteiger partial charge < -0.3 is 89.1 Å². The Morgan fingerprint density at radius 1 is 0.578 bits per heavy atom. The minimum absolute atomic E-state index is 0.00886. The Balaban J connectivity index is 0.000000208. The zero-order valence-electron chi connectivity index (χ0n) is 72.2. The lowest BCUT2D eigenvalue weighted by atomic mass is 10.1. The number of nitrogens with two attached hydrogens (primary N) is 2. The number of methoxy groups -OCH3 is 4. The average molecular weight is 1830 g/mol. The molecular formula is C84H99F10N13O20S. The minimum atomic E-state index is -4.68. The Morgan fingerprint density at radius 3 is 1.45 bits per heavy atom. The van der Waals surface area contributed by atoms with Gasteiger partial charge in [0.1, 0.15) is 81.2 Å². The lowest BCUT2D eigenvalue weighted by Gasteiger charge is -2.22. The van der Waals surface area contributed by atoms with Gasteiger partial charge in [0.15, 0.2) is 22.9 Å². The number of fused-ring (bicyclic) bond motifs is 3. The molecule has 33 nitrogen and oxygen atoms in total. The lowest BCUT2D eigenvalue weighted by Crippen LogP contribution is -2.44. The molecule has 2 saturated heterocycles. The second-order valence-electron chi connectivity index (χ2n) is 29.9. The molecule has 5 aromatic heterocycles. The molecule has 696 valence electrons. The van der Waals surface area contributed by atoms with E-state index < -0.39 is 107 Å². The number of oxazole rings is 2. The lowest BCUT2D eigenvalue weighted by molar-refractivity contribution is -0.148. The van der Waals surface area contributed by atoms with Gasteiger partial charge in [0, 0.05) is 83.4 Å². The van der Waals surface area contributed by atoms with Crippen LogP contribution in [0.4, 0.5) is 48.7 Å². The first-order valence-corrected chi connectivity index (χ1v) is 41.4. The number of likely N-dealkylation sites (tertiary alicyclic amines) is 1. The van der Waals surface area contributed by atoms with E-state index in [0.29, 0.717) is 46.5 Å². The van der Waals surface area contributed by atoms with Crippen LogP contribution in [0, 0.1) is 11.8 Å². The molecule has 8 N–H and O–H groups in total. The average Bonchev–Trinajstić information content (AvgIpc) is 1.50. The number of ether oxygens (including phenoxy) is 9. The van der Waals surface area contributed by atoms with Crippen LogP contribution in [0.15, 0.2) is 86.6 Å². The number of hydrogen-bond acceptors (Lipinski definition) is 30. The number of hydrogen-bond donors (Lipinski definition) is 6. The molecule has 2 saturated carbocycles. The van der Waals surface area contributed by atoms with E-state index in [4.69, 9.17) is 58.2 Å². The second-order valence-corrected chi connectivity index (χ2v) is 30.7. The highest BCUT2D eigenvalue weighted by molar-refractivity contribution is 8.13. The predicted octanol–water partition coefficient (Wildman–Crippen LogP) is 12.5. The van der Waals surface area contributed by atoms with Gasteiger partial charge in [-0.15, -0.1) is 11.8 Å². The Kier molecular flexibility index (Phi) is 35.4. The molecule has 0 spiro atoms. The fraction of sp³-hybridized carbons (Fsp3) is 0.488. The number of esters is 4. The third-order valence-electron chi connectivity index (χ3n) is 19.0. The van der Waals surface area contributed by atoms with Crippen molar-refractivity contribution in [3.63, 3.8) is 0 Å². The smallest absolute Gasteiger partial charge is 0.433 e. The fourth-order valence-electron chi connectivity index (χ4n) is 12.9. The SMILES string of the molecule is CCOC(=O)CN=C(SC)c1ccc(OC)c2nc(C(F)(F)F)ccc12.CCOC(=O)[C@@H]1C[C@@H](NC(=O)C2CC2)CN1.CCOC(=O)[C@@H]1C[C@@H](NC(=O)C2CC2)CN1C(=O)c1nc(-c2ccc(OC)c3nc(C(F)(F)F)ccc23)oc1[C@H](C)N.CCOC(=O)c1nc(-c2ccc(OC)c3nc(C(F)(F)F)ccc23)oc1[C@H](C)N.COC[C@H](NC(=O)OC(C)(C)C)C(=O)F. The molecule has 7 atom stereocenters. The summed E-state index contributed by atoms with van der Waals surface area (Å²) in [5.74, 6) is -1.95. The molecule has 4 fully saturated rings. The first kappa shape index (κ1) is 102. The largest absolute Gasteiger partial charge is 0.494 e. The minimum Gasteiger partial charge on any atom is -0.494 e. The third kappa shape index (κ3) is 27.1. The fourth-order valence-corrected chi connectivity index (χ4v) is 13.4. The highest BCUT2D eigenvalue weighted by Crippen LogP contribution is 2.42. The summed E-state index contributed by atoms with van der Waals surface area (Å²) in [6, 6.07) is 9.49. The van der Waals surface area contributed by atoms with E-state index in [2.05, 4.69) is 55.9 Å². The van der Waals surface area contributed by atoms with Crippen molar-refractivity contribution in [1.29, 1.82) is 0 Å². The van der Waals surface area contributed by atoms with Gasteiger partial charge in [-0.25, -0.2) is 39.3 Å². The summed E-state index contributed by atoms with van der Waals surface area (Å²) in [4.78, 5) is 133. The zero-order valence-corrected chi connectivity index (χ0v) is 73.0. The Hall–Kier alpha value is -11.9. The maximum absolute atomic E-state index is 13.9. The third-order valence-corrected chi connectivity index (χ3v) is 19.8. The molecule has 4 amide bonds. The summed E-state index contributed by atoms with van der Waals surface area (Å²) in [5.41, 5.74) is 9.04. The van der Waals surface area contributed by atoms with E-state index >= 15 is 0 Å². The maximum atomic E-state index is 13.9. The van der Waals surface area contributed by atoms with Crippen molar-refractivity contribution in [2.24, 2.45) is 28.3 Å². The molecule has 44 heteroatoms. The summed E-state index contributed by atoms with van der Waals surface area (Å²) >= 11 is 1.27. The highest BCUT2D eigenvalue weighted by Gasteiger charge is 2.46. The molecule has 0 unspecified atom stereocenters. The number of nitrogens with zero attached hydrogens (tertiary/aromatic N) is 7. The Bertz CT molecular complexity index is 5330. The summed E-state index contributed by atoms with van der Waals surface area (Å²) < 4.78 is 187. The number of benzene rings is 3. The van der Waals surface area contributed by atoms with Crippen molar-refractivity contribution in [2.45, 2.75) is 167 Å². The number of pyridine rings is 3. The number of nitrogens with one attached hydrogen (secondary N) is 4. The Labute approximate surface area is 731 Å². The second kappa shape index (κ2) is 44.7. The van der Waals surface area contributed by atoms with Crippen LogP contribution in [0.2, 0.25) is 0 Å². The van der Waals surface area contributed by atoms with Crippen LogP contribution < -0.4 is 46.9 Å². The van der Waals surface area contributed by atoms with Crippen molar-refractivity contribution in [3.05, 3.63) is 118 Å². The van der Waals surface area contributed by atoms with Crippen LogP contribution in [0.3, 0.4) is 0 Å². The molecule has 2 aliphatic heterocycles. The standard InChI is InChI=1S/C28H30F3N5O6.C19H18F3N3O4.C17H17F3N2O3S.C11H18N2O3.C9H16FNO4/c1-4-41-27(39)18-11-15(33-24(37)14-5-6-14)12-36(18)26(38)22-23(13(2)32)42-25(35-22)17-7-9-19(40-3)21-16(17)8-10-20(34-21)28(29,30)31;1-4-28-18(26)15-16(9(2)23)29-17(25-15)11-5-7-12(27-3)14-10(11)6-8-13(24-14)19(20,21)22;1-4-25-14(23)9-21-16(26-3)11-5-7-12(24-2)15-10(11)6-8-13(22-15)17(18,19)20;1-2-16-11(15)9-5-8(6-12-9)13-10(14)7-3-4-7;1-9(2,3)15-8(13)11-6(5-14-4)7(10)12/h7-10,13-15,18H,4-6,11-12,32H2,1-3H3,(H,33,37);5-9H,4,23H2,1-3H3;5-8H,4,9H2,1-3H3;7-9,12H,2-6H2,1H3,(H,13,14);6H,5H2,1-4H3,(H,11,13)/t13-,15+,18-;9-;;8-,9+;6-/m00.10/s1. The van der Waals surface area contributed by atoms with Crippen LogP contribution in [-0.4, -0.2) is 212 Å². The van der Waals surface area contributed by atoms with Crippen molar-refractivity contribution >= 4 is 103 Å². The number of alkyl halides is 9. The van der Waals surface area contributed by atoms with Gasteiger partial charge in [-0.3, -0.25) is 33.8 Å². The number of alkyl carbamates (subject to hydrolysis) is 1. The summed E-state index contributed by atoms with van der Waals surface area (Å²) in [6.45, 7) is 16.1. The normalized spacial score (nSPS) is 17.0. The number of carbonyl (C=O) groups is 9. The van der Waals surface area contributed by atoms with Crippen LogP contribution in [-0.2, 0) is 75.7 Å². The van der Waals surface area contributed by atoms with Crippen molar-refractivity contribution in [2.75, 3.05) is 87.4 Å². The van der Waals surface area contributed by atoms with Crippen molar-refractivity contribution in [1.82, 2.24) is 51.1 Å². The van der Waals surface area contributed by atoms with Gasteiger partial charge in [0.25, 0.3) is 5.91 Å². The molecule has 3 aromatic carbocycles. The van der Waals surface area contributed by atoms with Crippen molar-refractivity contribution < 1.29 is 139 Å². The molecule has 2 aliphatic carbocycles. The summed E-state index contributed by atoms with van der Waals surface area (Å²) in [5, 5.41) is 12.5. The number of carbonyl (C=O) groups excluding carboxylic acids is 9. The van der Waals surface area contributed by atoms with E-state index in [1.165, 1.54) is 87.6 Å².